The molecule has 1 aromatic carbocycles. The predicted molar refractivity (Wildman–Crippen MR) is 94.9 cm³/mol. The molecule has 5 heteroatoms. The van der Waals surface area contributed by atoms with E-state index in [1.807, 2.05) is 12.1 Å². The molecule has 0 amide bonds. The van der Waals surface area contributed by atoms with Gasteiger partial charge in [0.25, 0.3) is 0 Å². The Morgan fingerprint density at radius 1 is 1.33 bits per heavy atom. The van der Waals surface area contributed by atoms with Gasteiger partial charge in [0, 0.05) is 23.5 Å². The maximum absolute atomic E-state index is 6.25. The second-order valence-corrected chi connectivity index (χ2v) is 7.32. The molecular formula is C16H27ClN2OS. The standard InChI is InChI=1S/C13H19ClN2OS.C3H8/c1-13(2,3)16-6-5-15-18-12-8-11(17-4)9(14)7-10(12)16;1-3-2/h7-8,15H,5-6H2,1-4H3;3H2,1-2H3. The summed E-state index contributed by atoms with van der Waals surface area (Å²) in [7, 11) is 1.64. The average Bonchev–Trinajstić information content (AvgIpc) is 2.60. The second-order valence-electron chi connectivity index (χ2n) is 5.98. The summed E-state index contributed by atoms with van der Waals surface area (Å²) in [6.07, 6.45) is 1.25. The van der Waals surface area contributed by atoms with Crippen molar-refractivity contribution in [2.75, 3.05) is 25.1 Å². The molecular weight excluding hydrogens is 304 g/mol. The van der Waals surface area contributed by atoms with E-state index in [-0.39, 0.29) is 5.54 Å². The molecule has 1 N–H and O–H groups in total. The Bertz CT molecular complexity index is 460. The number of ether oxygens (including phenoxy) is 1. The SMILES string of the molecule is CCC.COc1cc2c(cc1Cl)N(C(C)(C)C)CCNS2. The highest BCUT2D eigenvalue weighted by Crippen LogP contribution is 2.40. The van der Waals surface area contributed by atoms with Crippen LogP contribution in [0.15, 0.2) is 17.0 Å². The minimum absolute atomic E-state index is 0.0687. The molecule has 0 saturated carbocycles. The van der Waals surface area contributed by atoms with E-state index in [9.17, 15) is 0 Å². The summed E-state index contributed by atoms with van der Waals surface area (Å²) in [5.74, 6) is 0.723. The van der Waals surface area contributed by atoms with Crippen molar-refractivity contribution in [3.63, 3.8) is 0 Å². The van der Waals surface area contributed by atoms with Crippen LogP contribution in [0, 0.1) is 0 Å². The number of methoxy groups -OCH3 is 1. The van der Waals surface area contributed by atoms with Crippen molar-refractivity contribution in [2.24, 2.45) is 0 Å². The van der Waals surface area contributed by atoms with Crippen molar-refractivity contribution < 1.29 is 4.74 Å². The first-order valence-electron chi connectivity index (χ1n) is 7.40. The number of nitrogens with one attached hydrogen (secondary N) is 1. The molecule has 1 aliphatic heterocycles. The molecule has 0 bridgehead atoms. The van der Waals surface area contributed by atoms with Crippen LogP contribution in [-0.2, 0) is 0 Å². The van der Waals surface area contributed by atoms with Crippen LogP contribution in [0.4, 0.5) is 5.69 Å². The lowest BCUT2D eigenvalue weighted by molar-refractivity contribution is 0.413. The lowest BCUT2D eigenvalue weighted by Crippen LogP contribution is -2.43. The van der Waals surface area contributed by atoms with Crippen LogP contribution < -0.4 is 14.4 Å². The molecule has 0 spiro atoms. The molecule has 0 atom stereocenters. The molecule has 21 heavy (non-hydrogen) atoms. The van der Waals surface area contributed by atoms with Crippen molar-refractivity contribution >= 4 is 29.2 Å². The third kappa shape index (κ3) is 4.97. The first kappa shape index (κ1) is 18.5. The summed E-state index contributed by atoms with van der Waals surface area (Å²) >= 11 is 7.89. The van der Waals surface area contributed by atoms with Gasteiger partial charge in [0.15, 0.2) is 0 Å². The average molecular weight is 331 g/mol. The zero-order valence-corrected chi connectivity index (χ0v) is 15.5. The van der Waals surface area contributed by atoms with Gasteiger partial charge in [-0.3, -0.25) is 4.72 Å². The third-order valence-electron chi connectivity index (χ3n) is 2.95. The van der Waals surface area contributed by atoms with Crippen molar-refractivity contribution in [3.8, 4) is 5.75 Å². The third-order valence-corrected chi connectivity index (χ3v) is 4.14. The molecule has 3 nitrogen and oxygen atoms in total. The summed E-state index contributed by atoms with van der Waals surface area (Å²) in [5, 5.41) is 0.660. The number of fused-ring (bicyclic) bond motifs is 1. The van der Waals surface area contributed by atoms with Crippen LogP contribution in [0.3, 0.4) is 0 Å². The molecule has 120 valence electrons. The predicted octanol–water partition coefficient (Wildman–Crippen LogP) is 4.98. The van der Waals surface area contributed by atoms with Gasteiger partial charge in [0.2, 0.25) is 0 Å². The number of hydrogen-bond donors (Lipinski definition) is 1. The molecule has 0 saturated heterocycles. The number of hydrogen-bond acceptors (Lipinski definition) is 4. The fourth-order valence-electron chi connectivity index (χ4n) is 2.08. The minimum atomic E-state index is 0.0687. The van der Waals surface area contributed by atoms with E-state index < -0.39 is 0 Å². The minimum Gasteiger partial charge on any atom is -0.495 e. The van der Waals surface area contributed by atoms with Gasteiger partial charge in [0.05, 0.1) is 17.8 Å². The normalized spacial score (nSPS) is 14.7. The van der Waals surface area contributed by atoms with Gasteiger partial charge in [0.1, 0.15) is 5.75 Å². The molecule has 2 rings (SSSR count). The van der Waals surface area contributed by atoms with E-state index in [0.717, 1.165) is 23.7 Å². The maximum Gasteiger partial charge on any atom is 0.138 e. The van der Waals surface area contributed by atoms with Crippen molar-refractivity contribution in [1.29, 1.82) is 0 Å². The molecule has 1 heterocycles. The van der Waals surface area contributed by atoms with Gasteiger partial charge in [-0.1, -0.05) is 31.9 Å². The van der Waals surface area contributed by atoms with Crippen LogP contribution >= 0.6 is 23.5 Å². The second kappa shape index (κ2) is 8.16. The van der Waals surface area contributed by atoms with Crippen molar-refractivity contribution in [1.82, 2.24) is 4.72 Å². The van der Waals surface area contributed by atoms with Crippen LogP contribution in [0.5, 0.6) is 5.75 Å². The molecule has 0 aromatic heterocycles. The van der Waals surface area contributed by atoms with Gasteiger partial charge in [-0.15, -0.1) is 0 Å². The van der Waals surface area contributed by atoms with Gasteiger partial charge in [-0.2, -0.15) is 0 Å². The highest BCUT2D eigenvalue weighted by Gasteiger charge is 2.26. The van der Waals surface area contributed by atoms with Gasteiger partial charge < -0.3 is 9.64 Å². The van der Waals surface area contributed by atoms with E-state index in [1.54, 1.807) is 19.1 Å². The van der Waals surface area contributed by atoms with E-state index in [2.05, 4.69) is 44.2 Å². The summed E-state index contributed by atoms with van der Waals surface area (Å²) in [6.45, 7) is 12.8. The first-order valence-corrected chi connectivity index (χ1v) is 8.59. The number of anilines is 1. The Labute approximate surface area is 138 Å². The number of halogens is 1. The quantitative estimate of drug-likeness (QED) is 0.734. The smallest absolute Gasteiger partial charge is 0.138 e. The Hall–Kier alpha value is -0.580. The van der Waals surface area contributed by atoms with Crippen molar-refractivity contribution in [2.45, 2.75) is 51.5 Å². The van der Waals surface area contributed by atoms with E-state index >= 15 is 0 Å². The van der Waals surface area contributed by atoms with E-state index in [0.29, 0.717) is 5.02 Å². The summed E-state index contributed by atoms with van der Waals surface area (Å²) in [4.78, 5) is 3.53. The first-order chi connectivity index (χ1) is 9.85. The summed E-state index contributed by atoms with van der Waals surface area (Å²) < 4.78 is 8.63. The number of nitrogens with zero attached hydrogens (tertiary/aromatic N) is 1. The summed E-state index contributed by atoms with van der Waals surface area (Å²) in [5.41, 5.74) is 1.24. The number of benzene rings is 1. The zero-order chi connectivity index (χ0) is 16.0. The van der Waals surface area contributed by atoms with E-state index in [4.69, 9.17) is 16.3 Å². The lowest BCUT2D eigenvalue weighted by atomic mass is 10.0. The number of rotatable bonds is 1. The van der Waals surface area contributed by atoms with Gasteiger partial charge >= 0.3 is 0 Å². The Kier molecular flexibility index (Phi) is 7.17. The highest BCUT2D eigenvalue weighted by atomic mass is 35.5. The Morgan fingerprint density at radius 3 is 2.48 bits per heavy atom. The molecule has 1 aliphatic rings. The molecule has 1 aromatic rings. The van der Waals surface area contributed by atoms with Gasteiger partial charge in [-0.25, -0.2) is 0 Å². The fourth-order valence-corrected chi connectivity index (χ4v) is 3.10. The lowest BCUT2D eigenvalue weighted by Gasteiger charge is -2.37. The largest absolute Gasteiger partial charge is 0.495 e. The van der Waals surface area contributed by atoms with Gasteiger partial charge in [-0.05, 0) is 44.9 Å². The maximum atomic E-state index is 6.25. The molecule has 0 aliphatic carbocycles. The van der Waals surface area contributed by atoms with E-state index in [1.165, 1.54) is 12.1 Å². The van der Waals surface area contributed by atoms with Crippen LogP contribution in [0.25, 0.3) is 0 Å². The zero-order valence-electron chi connectivity index (χ0n) is 13.9. The van der Waals surface area contributed by atoms with Crippen LogP contribution in [-0.4, -0.2) is 25.7 Å². The highest BCUT2D eigenvalue weighted by molar-refractivity contribution is 7.97. The van der Waals surface area contributed by atoms with Crippen molar-refractivity contribution in [3.05, 3.63) is 17.2 Å². The van der Waals surface area contributed by atoms with Crippen LogP contribution in [0.2, 0.25) is 5.02 Å². The summed E-state index contributed by atoms with van der Waals surface area (Å²) in [6, 6.07) is 4.00. The molecule has 0 radical (unpaired) electrons. The monoisotopic (exact) mass is 330 g/mol. The molecule has 0 fully saturated rings. The van der Waals surface area contributed by atoms with Crippen LogP contribution in [0.1, 0.15) is 41.0 Å². The Balaban J connectivity index is 0.000000677. The fraction of sp³-hybridized carbons (Fsp3) is 0.625. The molecule has 0 unspecified atom stereocenters. The Morgan fingerprint density at radius 2 is 1.95 bits per heavy atom. The topological polar surface area (TPSA) is 24.5 Å².